The molecule has 0 bridgehead atoms. The first kappa shape index (κ1) is 19.4. The molecule has 4 unspecified atom stereocenters. The standard InChI is InChI=1S/C22H29NO5/c1-25-11-5-10-23-12-17-20(28-14-23)9-8-16-21(24)18(13-27-22(16)17)15-6-3-4-7-19(15)26-2/h3-4,6-7,13,16-17,20,22H,5,8-12,14H2,1-2H3. The second kappa shape index (κ2) is 8.64. The van der Waals surface area contributed by atoms with Crippen LogP contribution < -0.4 is 4.74 Å². The van der Waals surface area contributed by atoms with Crippen LogP contribution in [-0.4, -0.2) is 63.5 Å². The van der Waals surface area contributed by atoms with Crippen LogP contribution in [0.25, 0.3) is 5.57 Å². The Hall–Kier alpha value is -1.89. The number of carbonyl (C=O) groups excluding carboxylic acids is 1. The second-order valence-corrected chi connectivity index (χ2v) is 7.80. The van der Waals surface area contributed by atoms with Crippen LogP contribution in [0.2, 0.25) is 0 Å². The maximum atomic E-state index is 13.3. The monoisotopic (exact) mass is 387 g/mol. The number of rotatable bonds is 6. The summed E-state index contributed by atoms with van der Waals surface area (Å²) >= 11 is 0. The molecule has 4 atom stereocenters. The number of fused-ring (bicyclic) bond motifs is 3. The number of Topliss-reactive ketones (excluding diaryl/α,β-unsaturated/α-hetero) is 1. The lowest BCUT2D eigenvalue weighted by Gasteiger charge is -2.48. The second-order valence-electron chi connectivity index (χ2n) is 7.80. The SMILES string of the molecule is COCCCN1COC2CCC3C(=O)C(c4ccccc4OC)=COC3C2C1. The van der Waals surface area contributed by atoms with Gasteiger partial charge >= 0.3 is 0 Å². The average molecular weight is 387 g/mol. The van der Waals surface area contributed by atoms with E-state index in [4.69, 9.17) is 18.9 Å². The highest BCUT2D eigenvalue weighted by Crippen LogP contribution is 2.43. The molecule has 152 valence electrons. The molecule has 6 nitrogen and oxygen atoms in total. The molecule has 0 amide bonds. The summed E-state index contributed by atoms with van der Waals surface area (Å²) in [5.74, 6) is 0.960. The van der Waals surface area contributed by atoms with Crippen LogP contribution in [0.3, 0.4) is 0 Å². The van der Waals surface area contributed by atoms with Gasteiger partial charge in [0, 0.05) is 38.3 Å². The van der Waals surface area contributed by atoms with Gasteiger partial charge in [-0.25, -0.2) is 0 Å². The summed E-state index contributed by atoms with van der Waals surface area (Å²) in [7, 11) is 3.35. The van der Waals surface area contributed by atoms with E-state index in [-0.39, 0.29) is 29.8 Å². The number of ether oxygens (including phenoxy) is 4. The van der Waals surface area contributed by atoms with E-state index in [9.17, 15) is 4.79 Å². The predicted octanol–water partition coefficient (Wildman–Crippen LogP) is 2.73. The lowest BCUT2D eigenvalue weighted by atomic mass is 9.71. The molecule has 0 radical (unpaired) electrons. The van der Waals surface area contributed by atoms with Crippen molar-refractivity contribution in [2.75, 3.05) is 40.6 Å². The fourth-order valence-electron chi connectivity index (χ4n) is 4.74. The molecule has 1 aromatic rings. The molecule has 2 aliphatic heterocycles. The van der Waals surface area contributed by atoms with Crippen LogP contribution in [0.15, 0.2) is 30.5 Å². The molecule has 1 aromatic carbocycles. The molecular formula is C22H29NO5. The van der Waals surface area contributed by atoms with Crippen LogP contribution in [0.1, 0.15) is 24.8 Å². The van der Waals surface area contributed by atoms with Crippen LogP contribution in [-0.2, 0) is 19.0 Å². The summed E-state index contributed by atoms with van der Waals surface area (Å²) in [5, 5.41) is 0. The lowest BCUT2D eigenvalue weighted by molar-refractivity contribution is -0.170. The summed E-state index contributed by atoms with van der Waals surface area (Å²) in [6.45, 7) is 3.24. The van der Waals surface area contributed by atoms with E-state index in [0.717, 1.165) is 44.5 Å². The molecule has 2 fully saturated rings. The molecule has 4 rings (SSSR count). The summed E-state index contributed by atoms with van der Waals surface area (Å²) in [6.07, 6.45) is 4.40. The number of para-hydroxylation sites is 1. The van der Waals surface area contributed by atoms with Crippen molar-refractivity contribution in [3.63, 3.8) is 0 Å². The smallest absolute Gasteiger partial charge is 0.173 e. The normalized spacial score (nSPS) is 30.1. The summed E-state index contributed by atoms with van der Waals surface area (Å²) in [4.78, 5) is 15.6. The zero-order valence-corrected chi connectivity index (χ0v) is 16.6. The van der Waals surface area contributed by atoms with Gasteiger partial charge in [0.25, 0.3) is 0 Å². The molecule has 0 spiro atoms. The van der Waals surface area contributed by atoms with Gasteiger partial charge in [0.05, 0.1) is 37.7 Å². The van der Waals surface area contributed by atoms with Gasteiger partial charge in [0.15, 0.2) is 5.78 Å². The molecule has 2 heterocycles. The minimum absolute atomic E-state index is 0.116. The van der Waals surface area contributed by atoms with Gasteiger partial charge in [-0.3, -0.25) is 9.69 Å². The molecular weight excluding hydrogens is 358 g/mol. The van der Waals surface area contributed by atoms with Gasteiger partial charge < -0.3 is 18.9 Å². The van der Waals surface area contributed by atoms with E-state index >= 15 is 0 Å². The van der Waals surface area contributed by atoms with Crippen molar-refractivity contribution in [3.8, 4) is 5.75 Å². The molecule has 0 N–H and O–H groups in total. The first-order chi connectivity index (χ1) is 13.7. The van der Waals surface area contributed by atoms with Gasteiger partial charge in [-0.15, -0.1) is 0 Å². The van der Waals surface area contributed by atoms with Gasteiger partial charge in [0.1, 0.15) is 11.9 Å². The first-order valence-electron chi connectivity index (χ1n) is 10.1. The van der Waals surface area contributed by atoms with Crippen molar-refractivity contribution in [1.29, 1.82) is 0 Å². The summed E-state index contributed by atoms with van der Waals surface area (Å²) < 4.78 is 22.9. The number of nitrogens with zero attached hydrogens (tertiary/aromatic N) is 1. The Bertz CT molecular complexity index is 731. The van der Waals surface area contributed by atoms with Gasteiger partial charge in [-0.2, -0.15) is 0 Å². The molecule has 0 aromatic heterocycles. The largest absolute Gasteiger partial charge is 0.496 e. The number of ketones is 1. The topological polar surface area (TPSA) is 57.2 Å². The lowest BCUT2D eigenvalue weighted by Crippen LogP contribution is -2.56. The zero-order valence-electron chi connectivity index (χ0n) is 16.6. The van der Waals surface area contributed by atoms with E-state index < -0.39 is 0 Å². The highest BCUT2D eigenvalue weighted by atomic mass is 16.5. The third kappa shape index (κ3) is 3.69. The Kier molecular flexibility index (Phi) is 5.99. The average Bonchev–Trinajstić information content (AvgIpc) is 2.74. The Labute approximate surface area is 166 Å². The maximum absolute atomic E-state index is 13.3. The van der Waals surface area contributed by atoms with Crippen molar-refractivity contribution in [1.82, 2.24) is 4.90 Å². The van der Waals surface area contributed by atoms with Gasteiger partial charge in [0.2, 0.25) is 0 Å². The Morgan fingerprint density at radius 3 is 2.89 bits per heavy atom. The van der Waals surface area contributed by atoms with Crippen LogP contribution in [0.5, 0.6) is 5.75 Å². The fourth-order valence-corrected chi connectivity index (χ4v) is 4.74. The van der Waals surface area contributed by atoms with Crippen molar-refractivity contribution >= 4 is 11.4 Å². The Morgan fingerprint density at radius 2 is 2.07 bits per heavy atom. The summed E-state index contributed by atoms with van der Waals surface area (Å²) in [5.41, 5.74) is 1.42. The number of hydrogen-bond acceptors (Lipinski definition) is 6. The molecule has 3 aliphatic rings. The van der Waals surface area contributed by atoms with Crippen molar-refractivity contribution in [2.24, 2.45) is 11.8 Å². The van der Waals surface area contributed by atoms with Crippen molar-refractivity contribution in [3.05, 3.63) is 36.1 Å². The van der Waals surface area contributed by atoms with Crippen molar-refractivity contribution < 1.29 is 23.7 Å². The van der Waals surface area contributed by atoms with E-state index in [1.54, 1.807) is 20.5 Å². The zero-order chi connectivity index (χ0) is 19.5. The Balaban J connectivity index is 1.51. The third-order valence-corrected chi connectivity index (χ3v) is 6.16. The first-order valence-corrected chi connectivity index (χ1v) is 10.1. The number of methoxy groups -OCH3 is 2. The maximum Gasteiger partial charge on any atom is 0.173 e. The third-order valence-electron chi connectivity index (χ3n) is 6.16. The minimum atomic E-state index is -0.117. The minimum Gasteiger partial charge on any atom is -0.496 e. The highest BCUT2D eigenvalue weighted by molar-refractivity contribution is 6.22. The number of benzene rings is 1. The van der Waals surface area contributed by atoms with Crippen LogP contribution in [0, 0.1) is 11.8 Å². The fraction of sp³-hybridized carbons (Fsp3) is 0.591. The van der Waals surface area contributed by atoms with E-state index in [1.807, 2.05) is 24.3 Å². The number of allylic oxidation sites excluding steroid dienone is 1. The molecule has 6 heteroatoms. The number of hydrogen-bond donors (Lipinski definition) is 0. The highest BCUT2D eigenvalue weighted by Gasteiger charge is 2.49. The van der Waals surface area contributed by atoms with E-state index in [0.29, 0.717) is 18.1 Å². The van der Waals surface area contributed by atoms with Gasteiger partial charge in [-0.1, -0.05) is 18.2 Å². The van der Waals surface area contributed by atoms with Crippen molar-refractivity contribution in [2.45, 2.75) is 31.5 Å². The van der Waals surface area contributed by atoms with Crippen LogP contribution >= 0.6 is 0 Å². The van der Waals surface area contributed by atoms with E-state index in [1.165, 1.54) is 0 Å². The predicted molar refractivity (Wildman–Crippen MR) is 105 cm³/mol. The Morgan fingerprint density at radius 1 is 1.21 bits per heavy atom. The van der Waals surface area contributed by atoms with Gasteiger partial charge in [-0.05, 0) is 25.3 Å². The molecule has 1 aliphatic carbocycles. The molecule has 1 saturated carbocycles. The summed E-state index contributed by atoms with van der Waals surface area (Å²) in [6, 6.07) is 7.61. The molecule has 28 heavy (non-hydrogen) atoms. The molecule has 1 saturated heterocycles. The quantitative estimate of drug-likeness (QED) is 0.700. The number of carbonyl (C=O) groups is 1. The van der Waals surface area contributed by atoms with E-state index in [2.05, 4.69) is 4.90 Å². The van der Waals surface area contributed by atoms with Crippen LogP contribution in [0.4, 0.5) is 0 Å².